The van der Waals surface area contributed by atoms with Crippen molar-refractivity contribution in [2.45, 2.75) is 38.9 Å². The van der Waals surface area contributed by atoms with Gasteiger partial charge in [-0.3, -0.25) is 0 Å². The molecule has 1 aliphatic rings. The standard InChI is InChI=1S/C11H14BClFNO2/c1-10(2)11(3,4)17-12(16-10)7-5-6-15-9(14)8(7)13/h5-6H,1-4H3. The highest BCUT2D eigenvalue weighted by Crippen LogP contribution is 2.36. The van der Waals surface area contributed by atoms with Crippen molar-refractivity contribution in [2.24, 2.45) is 0 Å². The molecular weight excluding hydrogens is 243 g/mol. The van der Waals surface area contributed by atoms with Gasteiger partial charge in [-0.2, -0.15) is 4.39 Å². The highest BCUT2D eigenvalue weighted by molar-refractivity contribution is 6.65. The molecule has 0 N–H and O–H groups in total. The quantitative estimate of drug-likeness (QED) is 0.571. The van der Waals surface area contributed by atoms with E-state index < -0.39 is 24.3 Å². The Morgan fingerprint density at radius 3 is 2.29 bits per heavy atom. The fraction of sp³-hybridized carbons (Fsp3) is 0.545. The lowest BCUT2D eigenvalue weighted by Gasteiger charge is -2.32. The van der Waals surface area contributed by atoms with Gasteiger partial charge in [-0.05, 0) is 33.8 Å². The van der Waals surface area contributed by atoms with E-state index in [-0.39, 0.29) is 5.02 Å². The van der Waals surface area contributed by atoms with Crippen molar-refractivity contribution in [1.29, 1.82) is 0 Å². The largest absolute Gasteiger partial charge is 0.496 e. The van der Waals surface area contributed by atoms with Crippen molar-refractivity contribution in [3.63, 3.8) is 0 Å². The van der Waals surface area contributed by atoms with E-state index in [1.54, 1.807) is 6.07 Å². The molecule has 2 heterocycles. The molecule has 1 aromatic rings. The third kappa shape index (κ3) is 2.07. The Morgan fingerprint density at radius 1 is 1.24 bits per heavy atom. The van der Waals surface area contributed by atoms with E-state index in [2.05, 4.69) is 4.98 Å². The van der Waals surface area contributed by atoms with Gasteiger partial charge in [0.2, 0.25) is 5.95 Å². The van der Waals surface area contributed by atoms with Gasteiger partial charge in [-0.1, -0.05) is 11.6 Å². The maximum absolute atomic E-state index is 13.3. The highest BCUT2D eigenvalue weighted by atomic mass is 35.5. The van der Waals surface area contributed by atoms with Crippen LogP contribution in [0.5, 0.6) is 0 Å². The number of halogens is 2. The number of pyridine rings is 1. The van der Waals surface area contributed by atoms with Crippen LogP contribution in [0.3, 0.4) is 0 Å². The van der Waals surface area contributed by atoms with E-state index in [9.17, 15) is 4.39 Å². The van der Waals surface area contributed by atoms with Crippen molar-refractivity contribution in [1.82, 2.24) is 4.98 Å². The average Bonchev–Trinajstić information content (AvgIpc) is 2.40. The number of aromatic nitrogens is 1. The normalized spacial score (nSPS) is 21.9. The Labute approximate surface area is 105 Å². The van der Waals surface area contributed by atoms with E-state index in [1.807, 2.05) is 27.7 Å². The molecule has 17 heavy (non-hydrogen) atoms. The Kier molecular flexibility index (Phi) is 2.96. The van der Waals surface area contributed by atoms with Crippen LogP contribution in [0.4, 0.5) is 4.39 Å². The summed E-state index contributed by atoms with van der Waals surface area (Å²) in [5.41, 5.74) is -0.473. The predicted molar refractivity (Wildman–Crippen MR) is 64.9 cm³/mol. The third-order valence-corrected chi connectivity index (χ3v) is 3.76. The molecule has 6 heteroatoms. The molecule has 0 bridgehead atoms. The Hall–Kier alpha value is -0.645. The van der Waals surface area contributed by atoms with Gasteiger partial charge in [-0.25, -0.2) is 4.98 Å². The zero-order chi connectivity index (χ0) is 12.8. The minimum atomic E-state index is -0.709. The first-order valence-electron chi connectivity index (χ1n) is 5.40. The molecule has 1 saturated heterocycles. The average molecular weight is 258 g/mol. The van der Waals surface area contributed by atoms with Gasteiger partial charge < -0.3 is 9.31 Å². The summed E-state index contributed by atoms with van der Waals surface area (Å²) in [6, 6.07) is 1.60. The van der Waals surface area contributed by atoms with Gasteiger partial charge in [0.05, 0.1) is 16.2 Å². The van der Waals surface area contributed by atoms with Crippen LogP contribution in [0.15, 0.2) is 12.3 Å². The number of nitrogens with zero attached hydrogens (tertiary/aromatic N) is 1. The topological polar surface area (TPSA) is 31.4 Å². The molecule has 3 nitrogen and oxygen atoms in total. The second-order valence-electron chi connectivity index (χ2n) is 5.09. The summed E-state index contributed by atoms with van der Waals surface area (Å²) in [6.07, 6.45) is 1.35. The molecule has 0 radical (unpaired) electrons. The van der Waals surface area contributed by atoms with E-state index in [1.165, 1.54) is 6.20 Å². The molecule has 1 aliphatic heterocycles. The van der Waals surface area contributed by atoms with Gasteiger partial charge >= 0.3 is 7.12 Å². The molecule has 0 amide bonds. The van der Waals surface area contributed by atoms with E-state index in [0.29, 0.717) is 5.46 Å². The lowest BCUT2D eigenvalue weighted by Crippen LogP contribution is -2.41. The molecule has 0 aromatic carbocycles. The molecule has 2 rings (SSSR count). The van der Waals surface area contributed by atoms with Crippen LogP contribution >= 0.6 is 11.6 Å². The van der Waals surface area contributed by atoms with Crippen molar-refractivity contribution in [3.8, 4) is 0 Å². The SMILES string of the molecule is CC1(C)OB(c2ccnc(F)c2Cl)OC1(C)C. The number of rotatable bonds is 1. The van der Waals surface area contributed by atoms with Gasteiger partial charge in [-0.15, -0.1) is 0 Å². The van der Waals surface area contributed by atoms with Crippen LogP contribution in [-0.4, -0.2) is 23.3 Å². The summed E-state index contributed by atoms with van der Waals surface area (Å²) in [7, 11) is -0.662. The molecule has 1 aromatic heterocycles. The summed E-state index contributed by atoms with van der Waals surface area (Å²) >= 11 is 5.86. The molecule has 0 saturated carbocycles. The van der Waals surface area contributed by atoms with Crippen LogP contribution in [0.25, 0.3) is 0 Å². The Bertz CT molecular complexity index is 437. The second kappa shape index (κ2) is 3.94. The van der Waals surface area contributed by atoms with Gasteiger partial charge in [0.15, 0.2) is 0 Å². The van der Waals surface area contributed by atoms with Crippen molar-refractivity contribution in [3.05, 3.63) is 23.2 Å². The van der Waals surface area contributed by atoms with Crippen LogP contribution in [0.2, 0.25) is 5.02 Å². The Morgan fingerprint density at radius 2 is 1.76 bits per heavy atom. The maximum Gasteiger partial charge on any atom is 0.496 e. The van der Waals surface area contributed by atoms with Crippen LogP contribution in [-0.2, 0) is 9.31 Å². The van der Waals surface area contributed by atoms with Crippen LogP contribution in [0.1, 0.15) is 27.7 Å². The minimum absolute atomic E-state index is 0.0500. The first-order valence-corrected chi connectivity index (χ1v) is 5.78. The highest BCUT2D eigenvalue weighted by Gasteiger charge is 2.52. The smallest absolute Gasteiger partial charge is 0.399 e. The van der Waals surface area contributed by atoms with Gasteiger partial charge in [0.25, 0.3) is 0 Å². The summed E-state index contributed by atoms with van der Waals surface area (Å²) < 4.78 is 24.8. The van der Waals surface area contributed by atoms with Crippen molar-refractivity contribution < 1.29 is 13.7 Å². The van der Waals surface area contributed by atoms with Crippen LogP contribution < -0.4 is 5.46 Å². The molecule has 1 fully saturated rings. The fourth-order valence-corrected chi connectivity index (χ4v) is 1.78. The zero-order valence-electron chi connectivity index (χ0n) is 10.3. The van der Waals surface area contributed by atoms with Gasteiger partial charge in [0.1, 0.15) is 0 Å². The first kappa shape index (κ1) is 12.8. The molecule has 0 unspecified atom stereocenters. The summed E-state index contributed by atoms with van der Waals surface area (Å²) in [5.74, 6) is -0.709. The molecule has 0 aliphatic carbocycles. The van der Waals surface area contributed by atoms with Crippen molar-refractivity contribution >= 4 is 24.2 Å². The molecule has 0 atom stereocenters. The summed E-state index contributed by atoms with van der Waals surface area (Å²) in [5, 5.41) is -0.0500. The van der Waals surface area contributed by atoms with E-state index in [4.69, 9.17) is 20.9 Å². The summed E-state index contributed by atoms with van der Waals surface area (Å²) in [6.45, 7) is 7.72. The predicted octanol–water partition coefficient (Wildman–Crippen LogP) is 2.17. The molecular formula is C11H14BClFNO2. The summed E-state index contributed by atoms with van der Waals surface area (Å²) in [4.78, 5) is 3.47. The zero-order valence-corrected chi connectivity index (χ0v) is 11.0. The van der Waals surface area contributed by atoms with E-state index in [0.717, 1.165) is 0 Å². The third-order valence-electron chi connectivity index (χ3n) is 3.38. The Balaban J connectivity index is 2.36. The van der Waals surface area contributed by atoms with Crippen molar-refractivity contribution in [2.75, 3.05) is 0 Å². The monoisotopic (exact) mass is 257 g/mol. The number of hydrogen-bond acceptors (Lipinski definition) is 3. The molecule has 92 valence electrons. The maximum atomic E-state index is 13.3. The fourth-order valence-electron chi connectivity index (χ4n) is 1.58. The van der Waals surface area contributed by atoms with E-state index >= 15 is 0 Å². The second-order valence-corrected chi connectivity index (χ2v) is 5.47. The minimum Gasteiger partial charge on any atom is -0.399 e. The van der Waals surface area contributed by atoms with Crippen LogP contribution in [0, 0.1) is 5.95 Å². The first-order chi connectivity index (χ1) is 7.74. The lowest BCUT2D eigenvalue weighted by molar-refractivity contribution is 0.00578. The molecule has 0 spiro atoms. The number of hydrogen-bond donors (Lipinski definition) is 0. The van der Waals surface area contributed by atoms with Gasteiger partial charge in [0, 0.05) is 11.7 Å². The lowest BCUT2D eigenvalue weighted by atomic mass is 9.80.